The van der Waals surface area contributed by atoms with Crippen LogP contribution >= 0.6 is 0 Å². The van der Waals surface area contributed by atoms with Gasteiger partial charge in [0.1, 0.15) is 5.82 Å². The van der Waals surface area contributed by atoms with Gasteiger partial charge >= 0.3 is 0 Å². The predicted octanol–water partition coefficient (Wildman–Crippen LogP) is 2.89. The van der Waals surface area contributed by atoms with E-state index in [4.69, 9.17) is 0 Å². The number of H-pyrrole nitrogens is 1. The highest BCUT2D eigenvalue weighted by atomic mass is 16.1. The summed E-state index contributed by atoms with van der Waals surface area (Å²) in [7, 11) is 0. The maximum Gasteiger partial charge on any atom is 0.244 e. The molecule has 3 rings (SSSR count). The van der Waals surface area contributed by atoms with Gasteiger partial charge in [0, 0.05) is 6.08 Å². The normalized spacial score (nSPS) is 11.0. The van der Waals surface area contributed by atoms with Crippen LogP contribution in [-0.2, 0) is 11.3 Å². The van der Waals surface area contributed by atoms with Crippen LogP contribution < -0.4 is 5.32 Å². The van der Waals surface area contributed by atoms with Gasteiger partial charge in [-0.25, -0.2) is 4.98 Å². The minimum absolute atomic E-state index is 0.140. The summed E-state index contributed by atoms with van der Waals surface area (Å²) in [6, 6.07) is 17.5. The predicted molar refractivity (Wildman–Crippen MR) is 83.4 cm³/mol. The van der Waals surface area contributed by atoms with Crippen molar-refractivity contribution in [2.75, 3.05) is 0 Å². The van der Waals surface area contributed by atoms with Crippen molar-refractivity contribution >= 4 is 23.0 Å². The number of carbonyl (C=O) groups is 1. The van der Waals surface area contributed by atoms with Crippen LogP contribution in [0.25, 0.3) is 17.1 Å². The lowest BCUT2D eigenvalue weighted by molar-refractivity contribution is -0.116. The summed E-state index contributed by atoms with van der Waals surface area (Å²) in [5.41, 5.74) is 2.87. The number of benzene rings is 2. The lowest BCUT2D eigenvalue weighted by Crippen LogP contribution is -2.20. The first-order valence-electron chi connectivity index (χ1n) is 6.76. The van der Waals surface area contributed by atoms with Gasteiger partial charge in [-0.2, -0.15) is 0 Å². The van der Waals surface area contributed by atoms with Crippen molar-refractivity contribution in [1.82, 2.24) is 15.3 Å². The number of fused-ring (bicyclic) bond motifs is 1. The van der Waals surface area contributed by atoms with Crippen molar-refractivity contribution < 1.29 is 4.79 Å². The van der Waals surface area contributed by atoms with Crippen LogP contribution in [0.5, 0.6) is 0 Å². The maximum absolute atomic E-state index is 11.8. The molecule has 21 heavy (non-hydrogen) atoms. The van der Waals surface area contributed by atoms with Gasteiger partial charge in [-0.15, -0.1) is 0 Å². The Labute approximate surface area is 122 Å². The number of nitrogens with one attached hydrogen (secondary N) is 2. The number of hydrogen-bond acceptors (Lipinski definition) is 2. The van der Waals surface area contributed by atoms with Crippen molar-refractivity contribution in [2.24, 2.45) is 0 Å². The number of carbonyl (C=O) groups excluding carboxylic acids is 1. The first kappa shape index (κ1) is 13.1. The number of imidazole rings is 1. The number of para-hydroxylation sites is 2. The number of hydrogen-bond donors (Lipinski definition) is 2. The van der Waals surface area contributed by atoms with Crippen molar-refractivity contribution in [1.29, 1.82) is 0 Å². The zero-order valence-electron chi connectivity index (χ0n) is 11.4. The molecule has 1 aromatic heterocycles. The summed E-state index contributed by atoms with van der Waals surface area (Å²) in [4.78, 5) is 19.3. The van der Waals surface area contributed by atoms with E-state index in [1.165, 1.54) is 6.08 Å². The fourth-order valence-corrected chi connectivity index (χ4v) is 2.06. The van der Waals surface area contributed by atoms with Gasteiger partial charge in [0.15, 0.2) is 0 Å². The fraction of sp³-hybridized carbons (Fsp3) is 0.0588. The standard InChI is InChI=1S/C17H15N3O/c21-17(11-10-13-6-2-1-3-7-13)18-12-16-19-14-8-4-5-9-15(14)20-16/h1-11H,12H2,(H,18,21)(H,19,20). The van der Waals surface area contributed by atoms with Crippen molar-refractivity contribution in [3.8, 4) is 0 Å². The highest BCUT2D eigenvalue weighted by molar-refractivity contribution is 5.91. The molecule has 104 valence electrons. The molecule has 0 bridgehead atoms. The first-order valence-corrected chi connectivity index (χ1v) is 6.76. The Bertz CT molecular complexity index is 742. The number of rotatable bonds is 4. The molecule has 0 atom stereocenters. The largest absolute Gasteiger partial charge is 0.345 e. The van der Waals surface area contributed by atoms with E-state index in [-0.39, 0.29) is 5.91 Å². The van der Waals surface area contributed by atoms with E-state index in [9.17, 15) is 4.79 Å². The molecular formula is C17H15N3O. The molecule has 1 amide bonds. The molecular weight excluding hydrogens is 262 g/mol. The van der Waals surface area contributed by atoms with Gasteiger partial charge in [0.05, 0.1) is 17.6 Å². The molecule has 0 spiro atoms. The fourth-order valence-electron chi connectivity index (χ4n) is 2.06. The number of amides is 1. The van der Waals surface area contributed by atoms with Crippen LogP contribution in [0.1, 0.15) is 11.4 Å². The monoisotopic (exact) mass is 277 g/mol. The van der Waals surface area contributed by atoms with Gasteiger partial charge in [-0.1, -0.05) is 42.5 Å². The minimum atomic E-state index is -0.140. The van der Waals surface area contributed by atoms with Crippen LogP contribution in [-0.4, -0.2) is 15.9 Å². The molecule has 0 saturated carbocycles. The highest BCUT2D eigenvalue weighted by Gasteiger charge is 2.02. The molecule has 3 aromatic rings. The Morgan fingerprint density at radius 1 is 1.10 bits per heavy atom. The highest BCUT2D eigenvalue weighted by Crippen LogP contribution is 2.09. The Kier molecular flexibility index (Phi) is 3.78. The molecule has 0 aliphatic carbocycles. The van der Waals surface area contributed by atoms with Crippen molar-refractivity contribution in [2.45, 2.75) is 6.54 Å². The number of aromatic amines is 1. The molecule has 0 radical (unpaired) electrons. The van der Waals surface area contributed by atoms with Gasteiger partial charge in [0.2, 0.25) is 5.91 Å². The third-order valence-corrected chi connectivity index (χ3v) is 3.10. The third-order valence-electron chi connectivity index (χ3n) is 3.10. The summed E-state index contributed by atoms with van der Waals surface area (Å²) in [5, 5.41) is 2.81. The quantitative estimate of drug-likeness (QED) is 0.720. The van der Waals surface area contributed by atoms with E-state index in [1.807, 2.05) is 54.6 Å². The molecule has 0 aliphatic heterocycles. The summed E-state index contributed by atoms with van der Waals surface area (Å²) >= 11 is 0. The number of aromatic nitrogens is 2. The molecule has 1 heterocycles. The maximum atomic E-state index is 11.8. The lowest BCUT2D eigenvalue weighted by atomic mass is 10.2. The molecule has 0 unspecified atom stereocenters. The topological polar surface area (TPSA) is 57.8 Å². The summed E-state index contributed by atoms with van der Waals surface area (Å²) in [5.74, 6) is 0.608. The van der Waals surface area contributed by atoms with E-state index in [2.05, 4.69) is 15.3 Å². The summed E-state index contributed by atoms with van der Waals surface area (Å²) in [6.45, 7) is 0.382. The second-order valence-corrected chi connectivity index (χ2v) is 4.66. The molecule has 4 heteroatoms. The molecule has 0 aliphatic rings. The van der Waals surface area contributed by atoms with Crippen LogP contribution in [0, 0.1) is 0 Å². The smallest absolute Gasteiger partial charge is 0.244 e. The van der Waals surface area contributed by atoms with E-state index in [0.717, 1.165) is 22.4 Å². The average Bonchev–Trinajstić information content (AvgIpc) is 2.95. The molecule has 2 aromatic carbocycles. The molecule has 2 N–H and O–H groups in total. The SMILES string of the molecule is O=C(C=Cc1ccccc1)NCc1nc2ccccc2[nH]1. The first-order chi connectivity index (χ1) is 10.3. The van der Waals surface area contributed by atoms with E-state index in [1.54, 1.807) is 6.08 Å². The Hall–Kier alpha value is -2.88. The van der Waals surface area contributed by atoms with Crippen molar-refractivity contribution in [3.63, 3.8) is 0 Å². The van der Waals surface area contributed by atoms with E-state index in [0.29, 0.717) is 6.54 Å². The van der Waals surface area contributed by atoms with E-state index < -0.39 is 0 Å². The average molecular weight is 277 g/mol. The summed E-state index contributed by atoms with van der Waals surface area (Å²) in [6.07, 6.45) is 3.31. The minimum Gasteiger partial charge on any atom is -0.345 e. The zero-order chi connectivity index (χ0) is 14.5. The Morgan fingerprint density at radius 3 is 2.67 bits per heavy atom. The molecule has 0 saturated heterocycles. The van der Waals surface area contributed by atoms with Crippen LogP contribution in [0.4, 0.5) is 0 Å². The number of nitrogens with zero attached hydrogens (tertiary/aromatic N) is 1. The third kappa shape index (κ3) is 3.36. The zero-order valence-corrected chi connectivity index (χ0v) is 11.4. The van der Waals surface area contributed by atoms with E-state index >= 15 is 0 Å². The van der Waals surface area contributed by atoms with Crippen LogP contribution in [0.3, 0.4) is 0 Å². The van der Waals surface area contributed by atoms with Crippen molar-refractivity contribution in [3.05, 3.63) is 72.1 Å². The second-order valence-electron chi connectivity index (χ2n) is 4.66. The van der Waals surface area contributed by atoms with Gasteiger partial charge in [-0.3, -0.25) is 4.79 Å². The van der Waals surface area contributed by atoms with Gasteiger partial charge < -0.3 is 10.3 Å². The lowest BCUT2D eigenvalue weighted by Gasteiger charge is -1.98. The van der Waals surface area contributed by atoms with Crippen LogP contribution in [0.2, 0.25) is 0 Å². The molecule has 0 fully saturated rings. The Balaban J connectivity index is 1.59. The molecule has 4 nitrogen and oxygen atoms in total. The van der Waals surface area contributed by atoms with Crippen LogP contribution in [0.15, 0.2) is 60.7 Å². The van der Waals surface area contributed by atoms with Gasteiger partial charge in [-0.05, 0) is 23.8 Å². The second kappa shape index (κ2) is 6.05. The van der Waals surface area contributed by atoms with Gasteiger partial charge in [0.25, 0.3) is 0 Å². The Morgan fingerprint density at radius 2 is 1.86 bits per heavy atom. The summed E-state index contributed by atoms with van der Waals surface area (Å²) < 4.78 is 0.